The monoisotopic (exact) mass is 464 g/mol. The third-order valence-corrected chi connectivity index (χ3v) is 5.86. The number of anilines is 1. The number of rotatable bonds is 5. The van der Waals surface area contributed by atoms with Gasteiger partial charge in [-0.15, -0.1) is 0 Å². The number of halogens is 1. The molecule has 0 bridgehead atoms. The molecule has 0 saturated carbocycles. The van der Waals surface area contributed by atoms with E-state index in [0.717, 1.165) is 0 Å². The Balaban J connectivity index is 1.35. The number of carbonyl (C=O) groups excluding carboxylic acids is 1. The van der Waals surface area contributed by atoms with Crippen molar-refractivity contribution >= 4 is 22.7 Å². The summed E-state index contributed by atoms with van der Waals surface area (Å²) in [7, 11) is 0. The summed E-state index contributed by atoms with van der Waals surface area (Å²) < 4.78 is 31.4. The van der Waals surface area contributed by atoms with E-state index in [1.807, 2.05) is 24.8 Å². The van der Waals surface area contributed by atoms with E-state index in [9.17, 15) is 9.18 Å². The Labute approximate surface area is 195 Å². The number of pyridine rings is 1. The molecule has 2 unspecified atom stereocenters. The van der Waals surface area contributed by atoms with E-state index < -0.39 is 0 Å². The number of furan rings is 1. The topological polar surface area (TPSA) is 93.6 Å². The first-order valence-electron chi connectivity index (χ1n) is 11.2. The van der Waals surface area contributed by atoms with Crippen molar-refractivity contribution in [1.29, 1.82) is 0 Å². The van der Waals surface area contributed by atoms with Gasteiger partial charge in [-0.05, 0) is 56.7 Å². The molecule has 0 aliphatic carbocycles. The number of nitrogens with zero attached hydrogens (tertiary/aromatic N) is 3. The van der Waals surface area contributed by atoms with Crippen LogP contribution in [0, 0.1) is 12.7 Å². The molecule has 4 heterocycles. The molecule has 9 heteroatoms. The molecule has 8 nitrogen and oxygen atoms in total. The van der Waals surface area contributed by atoms with Crippen LogP contribution < -0.4 is 10.2 Å². The second kappa shape index (κ2) is 8.90. The zero-order chi connectivity index (χ0) is 23.8. The van der Waals surface area contributed by atoms with Crippen LogP contribution in [0.3, 0.4) is 0 Å². The van der Waals surface area contributed by atoms with E-state index in [4.69, 9.17) is 13.7 Å². The Morgan fingerprint density at radius 1 is 1.21 bits per heavy atom. The molecule has 5 rings (SSSR count). The number of fused-ring (bicyclic) bond motifs is 1. The number of hydrogen-bond acceptors (Lipinski definition) is 7. The fourth-order valence-corrected chi connectivity index (χ4v) is 4.39. The molecule has 1 N–H and O–H groups in total. The van der Waals surface area contributed by atoms with Gasteiger partial charge in [0.15, 0.2) is 5.76 Å². The van der Waals surface area contributed by atoms with E-state index >= 15 is 0 Å². The van der Waals surface area contributed by atoms with Crippen LogP contribution in [0.4, 0.5) is 10.1 Å². The van der Waals surface area contributed by atoms with Crippen molar-refractivity contribution < 1.29 is 22.9 Å². The first-order valence-corrected chi connectivity index (χ1v) is 11.2. The van der Waals surface area contributed by atoms with Crippen LogP contribution >= 0.6 is 0 Å². The largest absolute Gasteiger partial charge is 0.463 e. The molecule has 4 aromatic rings. The number of ether oxygens (including phenoxy) is 1. The number of carbonyl (C=O) groups is 1. The normalized spacial score (nSPS) is 18.4. The summed E-state index contributed by atoms with van der Waals surface area (Å²) in [5.74, 6) is -0.157. The van der Waals surface area contributed by atoms with Crippen LogP contribution in [0.15, 0.2) is 51.6 Å². The third-order valence-electron chi connectivity index (χ3n) is 5.86. The fraction of sp³-hybridized carbons (Fsp3) is 0.320. The van der Waals surface area contributed by atoms with Crippen molar-refractivity contribution in [2.24, 2.45) is 0 Å². The van der Waals surface area contributed by atoms with Gasteiger partial charge in [-0.3, -0.25) is 4.79 Å². The predicted molar refractivity (Wildman–Crippen MR) is 124 cm³/mol. The maximum Gasteiger partial charge on any atom is 0.259 e. The quantitative estimate of drug-likeness (QED) is 0.466. The van der Waals surface area contributed by atoms with Crippen LogP contribution in [0.25, 0.3) is 22.6 Å². The zero-order valence-corrected chi connectivity index (χ0v) is 19.2. The highest BCUT2D eigenvalue weighted by atomic mass is 19.1. The lowest BCUT2D eigenvalue weighted by Gasteiger charge is -2.37. The first kappa shape index (κ1) is 22.1. The Morgan fingerprint density at radius 3 is 2.71 bits per heavy atom. The number of aryl methyl sites for hydroxylation is 1. The predicted octanol–water partition coefficient (Wildman–Crippen LogP) is 4.47. The smallest absolute Gasteiger partial charge is 0.259 e. The van der Waals surface area contributed by atoms with Crippen molar-refractivity contribution in [3.05, 3.63) is 65.3 Å². The molecule has 1 aromatic carbocycles. The van der Waals surface area contributed by atoms with Crippen molar-refractivity contribution in [3.63, 3.8) is 0 Å². The Bertz CT molecular complexity index is 1320. The highest BCUT2D eigenvalue weighted by Gasteiger charge is 2.24. The Kier molecular flexibility index (Phi) is 5.79. The van der Waals surface area contributed by atoms with Crippen LogP contribution in [0.5, 0.6) is 0 Å². The molecular weight excluding hydrogens is 439 g/mol. The first-order chi connectivity index (χ1) is 16.4. The van der Waals surface area contributed by atoms with Crippen molar-refractivity contribution in [2.75, 3.05) is 18.0 Å². The van der Waals surface area contributed by atoms with E-state index in [-0.39, 0.29) is 36.2 Å². The van der Waals surface area contributed by atoms with E-state index in [1.54, 1.807) is 31.2 Å². The molecule has 1 saturated heterocycles. The average molecular weight is 464 g/mol. The van der Waals surface area contributed by atoms with Crippen molar-refractivity contribution in [2.45, 2.75) is 39.5 Å². The lowest BCUT2D eigenvalue weighted by molar-refractivity contribution is -0.00539. The maximum absolute atomic E-state index is 14.9. The van der Waals surface area contributed by atoms with Crippen molar-refractivity contribution in [3.8, 4) is 11.5 Å². The molecule has 34 heavy (non-hydrogen) atoms. The summed E-state index contributed by atoms with van der Waals surface area (Å²) in [5, 5.41) is 7.35. The Morgan fingerprint density at radius 2 is 2.00 bits per heavy atom. The average Bonchev–Trinajstić information content (AvgIpc) is 3.47. The molecule has 3 aromatic heterocycles. The van der Waals surface area contributed by atoms with Crippen LogP contribution in [0.2, 0.25) is 0 Å². The summed E-state index contributed by atoms with van der Waals surface area (Å²) >= 11 is 0. The number of amides is 1. The molecular formula is C25H25FN4O4. The summed E-state index contributed by atoms with van der Waals surface area (Å²) in [6, 6.07) is 10.2. The molecule has 2 atom stereocenters. The molecule has 1 amide bonds. The summed E-state index contributed by atoms with van der Waals surface area (Å²) in [5.41, 5.74) is 2.83. The number of nitrogens with one attached hydrogen (secondary N) is 1. The van der Waals surface area contributed by atoms with Gasteiger partial charge >= 0.3 is 0 Å². The van der Waals surface area contributed by atoms with E-state index in [1.165, 1.54) is 12.3 Å². The standard InChI is InChI=1S/C25H25FN4O4/c1-14-12-30(13-15(2)33-14)21-7-6-17(9-19(21)26)11-27-24(31)18-10-20(22-5-4-8-32-22)28-25-23(18)16(3)29-34-25/h4-10,14-15H,11-13H2,1-3H3,(H,27,31). The summed E-state index contributed by atoms with van der Waals surface area (Å²) in [4.78, 5) is 19.5. The van der Waals surface area contributed by atoms with Crippen LogP contribution in [-0.2, 0) is 11.3 Å². The fourth-order valence-electron chi connectivity index (χ4n) is 4.39. The number of aromatic nitrogens is 2. The molecule has 1 aliphatic heterocycles. The molecule has 176 valence electrons. The number of morpholine rings is 1. The van der Waals surface area contributed by atoms with Gasteiger partial charge in [0.25, 0.3) is 11.6 Å². The minimum atomic E-state index is -0.341. The second-order valence-corrected chi connectivity index (χ2v) is 8.61. The summed E-state index contributed by atoms with van der Waals surface area (Å²) in [6.45, 7) is 7.13. The van der Waals surface area contributed by atoms with E-state index in [0.29, 0.717) is 52.4 Å². The third kappa shape index (κ3) is 4.26. The van der Waals surface area contributed by atoms with Gasteiger partial charge in [0.2, 0.25) is 0 Å². The minimum Gasteiger partial charge on any atom is -0.463 e. The minimum absolute atomic E-state index is 0.0336. The van der Waals surface area contributed by atoms with Crippen LogP contribution in [-0.4, -0.2) is 41.3 Å². The van der Waals surface area contributed by atoms with Gasteiger partial charge in [-0.1, -0.05) is 11.2 Å². The number of hydrogen-bond donors (Lipinski definition) is 1. The van der Waals surface area contributed by atoms with Gasteiger partial charge in [-0.25, -0.2) is 9.37 Å². The van der Waals surface area contributed by atoms with Crippen molar-refractivity contribution in [1.82, 2.24) is 15.5 Å². The lowest BCUT2D eigenvalue weighted by atomic mass is 10.1. The highest BCUT2D eigenvalue weighted by molar-refractivity contribution is 6.06. The van der Waals surface area contributed by atoms with Gasteiger partial charge < -0.3 is 23.9 Å². The molecule has 0 radical (unpaired) electrons. The lowest BCUT2D eigenvalue weighted by Crippen LogP contribution is -2.45. The summed E-state index contributed by atoms with van der Waals surface area (Å²) in [6.07, 6.45) is 1.60. The van der Waals surface area contributed by atoms with Crippen LogP contribution in [0.1, 0.15) is 35.5 Å². The van der Waals surface area contributed by atoms with E-state index in [2.05, 4.69) is 15.5 Å². The molecule has 1 aliphatic rings. The second-order valence-electron chi connectivity index (χ2n) is 8.61. The van der Waals surface area contributed by atoms with Gasteiger partial charge in [0.1, 0.15) is 11.5 Å². The highest BCUT2D eigenvalue weighted by Crippen LogP contribution is 2.28. The van der Waals surface area contributed by atoms with Gasteiger partial charge in [-0.2, -0.15) is 0 Å². The van der Waals surface area contributed by atoms with Gasteiger partial charge in [0, 0.05) is 19.6 Å². The SMILES string of the molecule is Cc1noc2nc(-c3ccco3)cc(C(=O)NCc3ccc(N4CC(C)OC(C)C4)c(F)c3)c12. The van der Waals surface area contributed by atoms with Gasteiger partial charge in [0.05, 0.1) is 40.8 Å². The molecule has 0 spiro atoms. The molecule has 1 fully saturated rings. The maximum atomic E-state index is 14.9. The number of benzene rings is 1. The zero-order valence-electron chi connectivity index (χ0n) is 19.2. The Hall–Kier alpha value is -3.72.